The number of piperidine rings is 2. The molecule has 2 aliphatic rings. The molecule has 2 fully saturated rings. The number of rotatable bonds is 4. The standard InChI is InChI=1S/C20H28N2O5/c1-14(23)12-22-13-20(6-5-18(22)25)7-9-21(10-8-20)19(26)15-3-4-17(27-2)16(24)11-15/h3-4,11,14,23-24H,5-10,12-13H2,1-2H3. The monoisotopic (exact) mass is 376 g/mol. The van der Waals surface area contributed by atoms with Gasteiger partial charge in [0, 0.05) is 38.2 Å². The average Bonchev–Trinajstić information content (AvgIpc) is 2.64. The van der Waals surface area contributed by atoms with Gasteiger partial charge in [0.1, 0.15) is 0 Å². The van der Waals surface area contributed by atoms with Crippen molar-refractivity contribution in [3.8, 4) is 11.5 Å². The maximum absolute atomic E-state index is 12.8. The lowest BCUT2D eigenvalue weighted by Gasteiger charge is -2.47. The van der Waals surface area contributed by atoms with E-state index in [2.05, 4.69) is 0 Å². The molecule has 0 aromatic heterocycles. The van der Waals surface area contributed by atoms with Crippen LogP contribution < -0.4 is 4.74 Å². The number of carbonyl (C=O) groups is 2. The third kappa shape index (κ3) is 4.18. The van der Waals surface area contributed by atoms with Crippen molar-refractivity contribution < 1.29 is 24.5 Å². The van der Waals surface area contributed by atoms with Crippen molar-refractivity contribution in [1.29, 1.82) is 0 Å². The second-order valence-electron chi connectivity index (χ2n) is 7.80. The van der Waals surface area contributed by atoms with Gasteiger partial charge in [-0.15, -0.1) is 0 Å². The number of phenols is 1. The van der Waals surface area contributed by atoms with Gasteiger partial charge in [-0.25, -0.2) is 0 Å². The number of aliphatic hydroxyl groups is 1. The van der Waals surface area contributed by atoms with E-state index in [4.69, 9.17) is 4.74 Å². The molecule has 1 spiro atoms. The average molecular weight is 376 g/mol. The number of β-amino-alcohol motifs (C(OH)–C–C–N with tert-alkyl or cyclic N) is 1. The number of likely N-dealkylation sites (tertiary alicyclic amines) is 2. The van der Waals surface area contributed by atoms with Crippen molar-refractivity contribution in [2.45, 2.75) is 38.7 Å². The molecule has 0 bridgehead atoms. The molecule has 2 heterocycles. The van der Waals surface area contributed by atoms with Crippen LogP contribution in [0.2, 0.25) is 0 Å². The van der Waals surface area contributed by atoms with E-state index in [0.29, 0.717) is 43.9 Å². The predicted molar refractivity (Wildman–Crippen MR) is 99.7 cm³/mol. The van der Waals surface area contributed by atoms with Crippen LogP contribution >= 0.6 is 0 Å². The summed E-state index contributed by atoms with van der Waals surface area (Å²) in [5.41, 5.74) is 0.473. The first-order valence-electron chi connectivity index (χ1n) is 9.46. The van der Waals surface area contributed by atoms with E-state index in [-0.39, 0.29) is 23.0 Å². The van der Waals surface area contributed by atoms with E-state index in [1.807, 2.05) is 4.90 Å². The van der Waals surface area contributed by atoms with Crippen molar-refractivity contribution >= 4 is 11.8 Å². The highest BCUT2D eigenvalue weighted by Gasteiger charge is 2.41. The second kappa shape index (κ2) is 7.76. The SMILES string of the molecule is COc1ccc(C(=O)N2CCC3(CCC(=O)N(CC(C)O)C3)CC2)cc1O. The van der Waals surface area contributed by atoms with E-state index in [1.54, 1.807) is 24.0 Å². The number of phenolic OH excluding ortho intramolecular Hbond substituents is 1. The van der Waals surface area contributed by atoms with E-state index in [9.17, 15) is 19.8 Å². The normalized spacial score (nSPS) is 20.6. The van der Waals surface area contributed by atoms with Gasteiger partial charge in [0.25, 0.3) is 5.91 Å². The number of benzene rings is 1. The van der Waals surface area contributed by atoms with Crippen molar-refractivity contribution in [3.05, 3.63) is 23.8 Å². The minimum absolute atomic E-state index is 0.0294. The summed E-state index contributed by atoms with van der Waals surface area (Å²) in [6, 6.07) is 4.69. The Morgan fingerprint density at radius 1 is 1.30 bits per heavy atom. The lowest BCUT2D eigenvalue weighted by molar-refractivity contribution is -0.140. The first-order chi connectivity index (χ1) is 12.8. The van der Waals surface area contributed by atoms with Crippen molar-refractivity contribution in [2.75, 3.05) is 33.3 Å². The van der Waals surface area contributed by atoms with Crippen LogP contribution in [0.15, 0.2) is 18.2 Å². The molecular formula is C20H28N2O5. The number of carbonyl (C=O) groups excluding carboxylic acids is 2. The molecule has 0 saturated carbocycles. The molecule has 1 atom stereocenters. The number of nitrogens with zero attached hydrogens (tertiary/aromatic N) is 2. The van der Waals surface area contributed by atoms with Crippen LogP contribution in [0.5, 0.6) is 11.5 Å². The summed E-state index contributed by atoms with van der Waals surface area (Å²) in [6.07, 6.45) is 2.49. The number of hydrogen-bond donors (Lipinski definition) is 2. The van der Waals surface area contributed by atoms with Crippen molar-refractivity contribution in [2.24, 2.45) is 5.41 Å². The van der Waals surface area contributed by atoms with E-state index >= 15 is 0 Å². The lowest BCUT2D eigenvalue weighted by Crippen LogP contribution is -2.53. The summed E-state index contributed by atoms with van der Waals surface area (Å²) in [4.78, 5) is 28.5. The highest BCUT2D eigenvalue weighted by molar-refractivity contribution is 5.95. The molecule has 27 heavy (non-hydrogen) atoms. The molecule has 7 nitrogen and oxygen atoms in total. The summed E-state index contributed by atoms with van der Waals surface area (Å²) in [6.45, 7) is 3.97. The van der Waals surface area contributed by atoms with Crippen LogP contribution in [0.3, 0.4) is 0 Å². The Morgan fingerprint density at radius 3 is 2.59 bits per heavy atom. The van der Waals surface area contributed by atoms with Gasteiger partial charge in [-0.1, -0.05) is 0 Å². The Bertz CT molecular complexity index is 710. The molecule has 3 rings (SSSR count). The Labute approximate surface area is 159 Å². The zero-order valence-electron chi connectivity index (χ0n) is 16.0. The van der Waals surface area contributed by atoms with Gasteiger partial charge in [-0.05, 0) is 49.8 Å². The number of methoxy groups -OCH3 is 1. The lowest BCUT2D eigenvalue weighted by atomic mass is 9.72. The molecule has 0 aliphatic carbocycles. The Kier molecular flexibility index (Phi) is 5.60. The quantitative estimate of drug-likeness (QED) is 0.834. The fourth-order valence-electron chi connectivity index (χ4n) is 4.19. The fraction of sp³-hybridized carbons (Fsp3) is 0.600. The van der Waals surface area contributed by atoms with E-state index < -0.39 is 6.10 Å². The number of ether oxygens (including phenoxy) is 1. The van der Waals surface area contributed by atoms with Crippen LogP contribution in [0.25, 0.3) is 0 Å². The fourth-order valence-corrected chi connectivity index (χ4v) is 4.19. The highest BCUT2D eigenvalue weighted by Crippen LogP contribution is 2.40. The largest absolute Gasteiger partial charge is 0.504 e. The third-order valence-electron chi connectivity index (χ3n) is 5.77. The summed E-state index contributed by atoms with van der Waals surface area (Å²) < 4.78 is 5.02. The smallest absolute Gasteiger partial charge is 0.253 e. The maximum atomic E-state index is 12.8. The molecule has 2 amide bonds. The minimum Gasteiger partial charge on any atom is -0.504 e. The molecule has 1 aromatic carbocycles. The Morgan fingerprint density at radius 2 is 2.00 bits per heavy atom. The minimum atomic E-state index is -0.534. The van der Waals surface area contributed by atoms with Crippen molar-refractivity contribution in [1.82, 2.24) is 9.80 Å². The maximum Gasteiger partial charge on any atom is 0.253 e. The van der Waals surface area contributed by atoms with Gasteiger partial charge in [-0.2, -0.15) is 0 Å². The first kappa shape index (κ1) is 19.5. The zero-order valence-corrected chi connectivity index (χ0v) is 16.0. The molecule has 7 heteroatoms. The summed E-state index contributed by atoms with van der Waals surface area (Å²) >= 11 is 0. The third-order valence-corrected chi connectivity index (χ3v) is 5.77. The van der Waals surface area contributed by atoms with Gasteiger partial charge >= 0.3 is 0 Å². The van der Waals surface area contributed by atoms with Crippen LogP contribution in [0, 0.1) is 5.41 Å². The summed E-state index contributed by atoms with van der Waals surface area (Å²) in [7, 11) is 1.47. The van der Waals surface area contributed by atoms with Crippen LogP contribution in [-0.2, 0) is 4.79 Å². The molecule has 0 radical (unpaired) electrons. The number of hydrogen-bond acceptors (Lipinski definition) is 5. The van der Waals surface area contributed by atoms with Gasteiger partial charge in [-0.3, -0.25) is 9.59 Å². The topological polar surface area (TPSA) is 90.3 Å². The first-order valence-corrected chi connectivity index (χ1v) is 9.46. The predicted octanol–water partition coefficient (Wildman–Crippen LogP) is 1.63. The number of aliphatic hydroxyl groups excluding tert-OH is 1. The van der Waals surface area contributed by atoms with Crippen LogP contribution in [-0.4, -0.2) is 71.2 Å². The number of aromatic hydroxyl groups is 1. The molecule has 2 saturated heterocycles. The van der Waals surface area contributed by atoms with Crippen LogP contribution in [0.1, 0.15) is 43.0 Å². The van der Waals surface area contributed by atoms with Gasteiger partial charge in [0.05, 0.1) is 13.2 Å². The van der Waals surface area contributed by atoms with Crippen molar-refractivity contribution in [3.63, 3.8) is 0 Å². The molecular weight excluding hydrogens is 348 g/mol. The molecule has 2 aliphatic heterocycles. The number of amides is 2. The van der Waals surface area contributed by atoms with Gasteiger partial charge < -0.3 is 24.7 Å². The second-order valence-corrected chi connectivity index (χ2v) is 7.80. The summed E-state index contributed by atoms with van der Waals surface area (Å²) in [5.74, 6) is 0.301. The van der Waals surface area contributed by atoms with Gasteiger partial charge in [0.2, 0.25) is 5.91 Å². The molecule has 2 N–H and O–H groups in total. The zero-order chi connectivity index (χ0) is 19.6. The highest BCUT2D eigenvalue weighted by atomic mass is 16.5. The molecule has 148 valence electrons. The van der Waals surface area contributed by atoms with Crippen LogP contribution in [0.4, 0.5) is 0 Å². The van der Waals surface area contributed by atoms with E-state index in [1.165, 1.54) is 13.2 Å². The molecule has 1 aromatic rings. The van der Waals surface area contributed by atoms with Gasteiger partial charge in [0.15, 0.2) is 11.5 Å². The molecule has 1 unspecified atom stereocenters. The Balaban J connectivity index is 1.63. The van der Waals surface area contributed by atoms with E-state index in [0.717, 1.165) is 19.3 Å². The summed E-state index contributed by atoms with van der Waals surface area (Å²) in [5, 5.41) is 19.5. The Hall–Kier alpha value is -2.28.